The SMILES string of the molecule is Cc1ccc(-n2[nH]c(C(=O)NCC(C)(O)CCC(C)C)cc2=O)cc1. The molecule has 25 heavy (non-hydrogen) atoms. The Morgan fingerprint density at radius 1 is 1.32 bits per heavy atom. The molecule has 1 amide bonds. The third-order valence-corrected chi connectivity index (χ3v) is 4.15. The number of nitrogens with zero attached hydrogens (tertiary/aromatic N) is 1. The molecular formula is C19H27N3O3. The summed E-state index contributed by atoms with van der Waals surface area (Å²) in [5.74, 6) is 0.0786. The summed E-state index contributed by atoms with van der Waals surface area (Å²) in [5, 5.41) is 15.8. The van der Waals surface area contributed by atoms with Crippen molar-refractivity contribution in [1.82, 2.24) is 15.1 Å². The van der Waals surface area contributed by atoms with Gasteiger partial charge in [0.1, 0.15) is 5.69 Å². The Bertz CT molecular complexity index is 770. The molecule has 1 heterocycles. The minimum atomic E-state index is -0.972. The van der Waals surface area contributed by atoms with E-state index in [1.807, 2.05) is 31.2 Å². The van der Waals surface area contributed by atoms with Crippen LogP contribution in [0.2, 0.25) is 0 Å². The lowest BCUT2D eigenvalue weighted by Crippen LogP contribution is -2.41. The highest BCUT2D eigenvalue weighted by molar-refractivity contribution is 5.92. The maximum atomic E-state index is 12.3. The number of H-pyrrole nitrogens is 1. The molecule has 1 aromatic carbocycles. The van der Waals surface area contributed by atoms with Gasteiger partial charge in [0, 0.05) is 12.6 Å². The van der Waals surface area contributed by atoms with Gasteiger partial charge in [-0.2, -0.15) is 0 Å². The fourth-order valence-corrected chi connectivity index (χ4v) is 2.45. The van der Waals surface area contributed by atoms with E-state index in [4.69, 9.17) is 0 Å². The standard InChI is InChI=1S/C19H27N3O3/c1-13(2)9-10-19(4,25)12-20-18(24)16-11-17(23)22(21-16)15-7-5-14(3)6-8-15/h5-8,11,13,21,25H,9-10,12H2,1-4H3,(H,20,24). The Morgan fingerprint density at radius 3 is 2.56 bits per heavy atom. The molecule has 136 valence electrons. The van der Waals surface area contributed by atoms with Gasteiger partial charge in [0.25, 0.3) is 11.5 Å². The summed E-state index contributed by atoms with van der Waals surface area (Å²) in [7, 11) is 0. The number of rotatable bonds is 7. The minimum absolute atomic E-state index is 0.135. The van der Waals surface area contributed by atoms with E-state index in [1.165, 1.54) is 10.7 Å². The lowest BCUT2D eigenvalue weighted by atomic mass is 9.95. The van der Waals surface area contributed by atoms with Crippen molar-refractivity contribution in [3.05, 3.63) is 51.9 Å². The van der Waals surface area contributed by atoms with Crippen molar-refractivity contribution in [1.29, 1.82) is 0 Å². The second kappa shape index (κ2) is 7.70. The van der Waals surface area contributed by atoms with Crippen LogP contribution in [0.5, 0.6) is 0 Å². The van der Waals surface area contributed by atoms with Gasteiger partial charge < -0.3 is 10.4 Å². The Labute approximate surface area is 147 Å². The van der Waals surface area contributed by atoms with Crippen LogP contribution in [0.15, 0.2) is 35.1 Å². The van der Waals surface area contributed by atoms with Crippen molar-refractivity contribution in [3.8, 4) is 5.69 Å². The van der Waals surface area contributed by atoms with Crippen molar-refractivity contribution in [2.75, 3.05) is 6.54 Å². The molecular weight excluding hydrogens is 318 g/mol. The molecule has 6 nitrogen and oxygen atoms in total. The monoisotopic (exact) mass is 345 g/mol. The molecule has 0 saturated heterocycles. The maximum absolute atomic E-state index is 12.3. The first-order valence-electron chi connectivity index (χ1n) is 8.58. The van der Waals surface area contributed by atoms with Gasteiger partial charge >= 0.3 is 0 Å². The van der Waals surface area contributed by atoms with Crippen LogP contribution in [0, 0.1) is 12.8 Å². The van der Waals surface area contributed by atoms with Crippen LogP contribution in [0.3, 0.4) is 0 Å². The van der Waals surface area contributed by atoms with Crippen LogP contribution in [0.25, 0.3) is 5.69 Å². The van der Waals surface area contributed by atoms with E-state index in [-0.39, 0.29) is 17.8 Å². The van der Waals surface area contributed by atoms with E-state index < -0.39 is 11.5 Å². The summed E-state index contributed by atoms with van der Waals surface area (Å²) in [5.41, 5.74) is 0.647. The molecule has 0 spiro atoms. The summed E-state index contributed by atoms with van der Waals surface area (Å²) >= 11 is 0. The third kappa shape index (κ3) is 5.32. The van der Waals surface area contributed by atoms with Crippen molar-refractivity contribution >= 4 is 5.91 Å². The number of carbonyl (C=O) groups is 1. The molecule has 1 unspecified atom stereocenters. The summed E-state index contributed by atoms with van der Waals surface area (Å²) in [4.78, 5) is 24.4. The number of nitrogens with one attached hydrogen (secondary N) is 2. The number of aryl methyl sites for hydroxylation is 1. The van der Waals surface area contributed by atoms with Crippen LogP contribution in [0.1, 0.15) is 49.7 Å². The predicted octanol–water partition coefficient (Wildman–Crippen LogP) is 2.39. The molecule has 0 fully saturated rings. The maximum Gasteiger partial charge on any atom is 0.271 e. The Balaban J connectivity index is 2.04. The smallest absolute Gasteiger partial charge is 0.271 e. The normalized spacial score (nSPS) is 13.7. The van der Waals surface area contributed by atoms with E-state index >= 15 is 0 Å². The van der Waals surface area contributed by atoms with E-state index in [2.05, 4.69) is 24.3 Å². The molecule has 6 heteroatoms. The van der Waals surface area contributed by atoms with Gasteiger partial charge in [-0.1, -0.05) is 31.5 Å². The lowest BCUT2D eigenvalue weighted by molar-refractivity contribution is 0.0428. The number of aromatic nitrogens is 2. The first-order valence-corrected chi connectivity index (χ1v) is 8.58. The largest absolute Gasteiger partial charge is 0.388 e. The van der Waals surface area contributed by atoms with E-state index in [0.717, 1.165) is 12.0 Å². The van der Waals surface area contributed by atoms with Gasteiger partial charge in [0.15, 0.2) is 0 Å². The minimum Gasteiger partial charge on any atom is -0.388 e. The highest BCUT2D eigenvalue weighted by atomic mass is 16.3. The molecule has 0 radical (unpaired) electrons. The van der Waals surface area contributed by atoms with Gasteiger partial charge in [-0.05, 0) is 44.7 Å². The third-order valence-electron chi connectivity index (χ3n) is 4.15. The van der Waals surface area contributed by atoms with Crippen LogP contribution in [0.4, 0.5) is 0 Å². The number of aromatic amines is 1. The average Bonchev–Trinajstić information content (AvgIpc) is 2.94. The molecule has 0 aliphatic heterocycles. The van der Waals surface area contributed by atoms with Crippen molar-refractivity contribution in [2.45, 2.75) is 46.1 Å². The summed E-state index contributed by atoms with van der Waals surface area (Å²) in [6, 6.07) is 8.68. The molecule has 2 aromatic rings. The fraction of sp³-hybridized carbons (Fsp3) is 0.474. The zero-order chi connectivity index (χ0) is 18.6. The van der Waals surface area contributed by atoms with E-state index in [9.17, 15) is 14.7 Å². The average molecular weight is 345 g/mol. The quantitative estimate of drug-likeness (QED) is 0.720. The van der Waals surface area contributed by atoms with Gasteiger partial charge in [0.2, 0.25) is 0 Å². The van der Waals surface area contributed by atoms with Crippen molar-refractivity contribution in [3.63, 3.8) is 0 Å². The van der Waals surface area contributed by atoms with Gasteiger partial charge in [-0.3, -0.25) is 14.7 Å². The lowest BCUT2D eigenvalue weighted by Gasteiger charge is -2.24. The van der Waals surface area contributed by atoms with E-state index in [0.29, 0.717) is 18.0 Å². The first-order chi connectivity index (χ1) is 11.7. The Hall–Kier alpha value is -2.34. The molecule has 2 rings (SSSR count). The molecule has 0 aliphatic rings. The van der Waals surface area contributed by atoms with Gasteiger partial charge in [0.05, 0.1) is 11.3 Å². The number of amides is 1. The summed E-state index contributed by atoms with van der Waals surface area (Å²) < 4.78 is 1.32. The summed E-state index contributed by atoms with van der Waals surface area (Å²) in [6.07, 6.45) is 1.48. The zero-order valence-corrected chi connectivity index (χ0v) is 15.3. The predicted molar refractivity (Wildman–Crippen MR) is 98.2 cm³/mol. The molecule has 0 aliphatic carbocycles. The Kier molecular flexibility index (Phi) is 5.85. The Morgan fingerprint density at radius 2 is 1.96 bits per heavy atom. The van der Waals surface area contributed by atoms with E-state index in [1.54, 1.807) is 6.92 Å². The second-order valence-electron chi connectivity index (χ2n) is 7.29. The van der Waals surface area contributed by atoms with Gasteiger partial charge in [-0.15, -0.1) is 0 Å². The van der Waals surface area contributed by atoms with Crippen LogP contribution < -0.4 is 10.9 Å². The summed E-state index contributed by atoms with van der Waals surface area (Å²) in [6.45, 7) is 7.98. The molecule has 1 atom stereocenters. The van der Waals surface area contributed by atoms with Crippen LogP contribution in [-0.2, 0) is 0 Å². The molecule has 0 bridgehead atoms. The molecule has 1 aromatic heterocycles. The first kappa shape index (κ1) is 19.0. The fourth-order valence-electron chi connectivity index (χ4n) is 2.45. The number of benzene rings is 1. The van der Waals surface area contributed by atoms with Crippen LogP contribution in [-0.4, -0.2) is 32.9 Å². The number of hydrogen-bond acceptors (Lipinski definition) is 3. The number of hydrogen-bond donors (Lipinski definition) is 3. The zero-order valence-electron chi connectivity index (χ0n) is 15.3. The molecule has 3 N–H and O–H groups in total. The topological polar surface area (TPSA) is 87.1 Å². The van der Waals surface area contributed by atoms with Crippen molar-refractivity contribution < 1.29 is 9.90 Å². The van der Waals surface area contributed by atoms with Gasteiger partial charge in [-0.25, -0.2) is 4.68 Å². The highest BCUT2D eigenvalue weighted by Gasteiger charge is 2.22. The second-order valence-corrected chi connectivity index (χ2v) is 7.29. The highest BCUT2D eigenvalue weighted by Crippen LogP contribution is 2.15. The van der Waals surface area contributed by atoms with Crippen LogP contribution >= 0.6 is 0 Å². The number of carbonyl (C=O) groups excluding carboxylic acids is 1. The molecule has 0 saturated carbocycles. The van der Waals surface area contributed by atoms with Crippen molar-refractivity contribution in [2.24, 2.45) is 5.92 Å². The number of aliphatic hydroxyl groups is 1.